The highest BCUT2D eigenvalue weighted by atomic mass is 16.3. The van der Waals surface area contributed by atoms with Gasteiger partial charge < -0.3 is 10.2 Å². The first-order valence-electron chi connectivity index (χ1n) is 8.58. The molecule has 26 heavy (non-hydrogen) atoms. The van der Waals surface area contributed by atoms with Crippen molar-refractivity contribution in [2.24, 2.45) is 0 Å². The van der Waals surface area contributed by atoms with E-state index in [2.05, 4.69) is 11.1 Å². The van der Waals surface area contributed by atoms with Gasteiger partial charge in [-0.25, -0.2) is 0 Å². The predicted octanol–water partition coefficient (Wildman–Crippen LogP) is 4.19. The highest BCUT2D eigenvalue weighted by molar-refractivity contribution is 5.94. The largest absolute Gasteiger partial charge is 0.397 e. The molecule has 3 aromatic rings. The van der Waals surface area contributed by atoms with Crippen LogP contribution in [0.4, 0.5) is 0 Å². The molecule has 1 heterocycles. The summed E-state index contributed by atoms with van der Waals surface area (Å²) in [6.45, 7) is 5.76. The Hall–Kier alpha value is -2.74. The number of aliphatic hydroxyl groups excluding tert-OH is 2. The summed E-state index contributed by atoms with van der Waals surface area (Å²) in [6.07, 6.45) is 1.77. The number of hydrogen-bond acceptors (Lipinski definition) is 4. The molecule has 0 radical (unpaired) electrons. The number of aliphatic hydroxyl groups is 2. The van der Waals surface area contributed by atoms with Gasteiger partial charge in [0.25, 0.3) is 0 Å². The molecule has 0 unspecified atom stereocenters. The standard InChI is InChI=1S/C20H18N2O.C2H6O/c1-20(2,13-21)17-10-16-7-4-8-22-19(16)18(11-17)15-6-3-5-14(9-15)12-23;1-2-3/h3-11,23H,12H2,1-2H3;3H,2H2,1H3. The van der Waals surface area contributed by atoms with Crippen LogP contribution in [0.15, 0.2) is 54.7 Å². The highest BCUT2D eigenvalue weighted by Crippen LogP contribution is 2.33. The van der Waals surface area contributed by atoms with Gasteiger partial charge in [0.2, 0.25) is 0 Å². The number of nitrogens with zero attached hydrogens (tertiary/aromatic N) is 2. The fraction of sp³-hybridized carbons (Fsp3) is 0.273. The maximum absolute atomic E-state index is 9.46. The third kappa shape index (κ3) is 4.26. The molecular weight excluding hydrogens is 324 g/mol. The number of benzene rings is 2. The number of rotatable bonds is 3. The first-order valence-corrected chi connectivity index (χ1v) is 8.58. The second-order valence-electron chi connectivity index (χ2n) is 6.51. The second kappa shape index (κ2) is 8.57. The minimum absolute atomic E-state index is 0.00256. The van der Waals surface area contributed by atoms with Crippen LogP contribution in [-0.4, -0.2) is 21.8 Å². The summed E-state index contributed by atoms with van der Waals surface area (Å²) in [5.41, 5.74) is 4.13. The van der Waals surface area contributed by atoms with E-state index in [9.17, 15) is 10.4 Å². The lowest BCUT2D eigenvalue weighted by Gasteiger charge is -2.18. The predicted molar refractivity (Wildman–Crippen MR) is 105 cm³/mol. The first kappa shape index (κ1) is 19.6. The fourth-order valence-electron chi connectivity index (χ4n) is 2.67. The Balaban J connectivity index is 0.000000758. The van der Waals surface area contributed by atoms with Crippen LogP contribution in [0.1, 0.15) is 31.9 Å². The van der Waals surface area contributed by atoms with Crippen molar-refractivity contribution in [2.75, 3.05) is 6.61 Å². The molecule has 0 amide bonds. The van der Waals surface area contributed by atoms with Crippen LogP contribution >= 0.6 is 0 Å². The topological polar surface area (TPSA) is 77.1 Å². The van der Waals surface area contributed by atoms with Gasteiger partial charge >= 0.3 is 0 Å². The summed E-state index contributed by atoms with van der Waals surface area (Å²) in [5, 5.41) is 27.4. The lowest BCUT2D eigenvalue weighted by Crippen LogP contribution is -2.14. The number of fused-ring (bicyclic) bond motifs is 1. The van der Waals surface area contributed by atoms with Gasteiger partial charge in [-0.05, 0) is 61.7 Å². The quantitative estimate of drug-likeness (QED) is 0.744. The van der Waals surface area contributed by atoms with Crippen molar-refractivity contribution in [1.82, 2.24) is 4.98 Å². The Bertz CT molecular complexity index is 927. The van der Waals surface area contributed by atoms with E-state index in [4.69, 9.17) is 5.11 Å². The molecule has 4 nitrogen and oxygen atoms in total. The molecule has 0 saturated heterocycles. The summed E-state index contributed by atoms with van der Waals surface area (Å²) in [7, 11) is 0. The lowest BCUT2D eigenvalue weighted by atomic mass is 9.83. The van der Waals surface area contributed by atoms with E-state index in [-0.39, 0.29) is 13.2 Å². The zero-order valence-electron chi connectivity index (χ0n) is 15.4. The smallest absolute Gasteiger partial charge is 0.0780 e. The van der Waals surface area contributed by atoms with E-state index in [0.29, 0.717) is 0 Å². The second-order valence-corrected chi connectivity index (χ2v) is 6.51. The van der Waals surface area contributed by atoms with Gasteiger partial charge in [0.15, 0.2) is 0 Å². The van der Waals surface area contributed by atoms with Crippen LogP contribution in [0.5, 0.6) is 0 Å². The van der Waals surface area contributed by atoms with E-state index in [1.165, 1.54) is 0 Å². The van der Waals surface area contributed by atoms with Crippen LogP contribution in [-0.2, 0) is 12.0 Å². The summed E-state index contributed by atoms with van der Waals surface area (Å²) in [5.74, 6) is 0. The Morgan fingerprint density at radius 3 is 2.46 bits per heavy atom. The van der Waals surface area contributed by atoms with Crippen molar-refractivity contribution in [1.29, 1.82) is 5.26 Å². The van der Waals surface area contributed by atoms with E-state index in [1.807, 2.05) is 62.4 Å². The molecule has 134 valence electrons. The van der Waals surface area contributed by atoms with Gasteiger partial charge in [0.1, 0.15) is 0 Å². The van der Waals surface area contributed by atoms with E-state index >= 15 is 0 Å². The van der Waals surface area contributed by atoms with Crippen molar-refractivity contribution in [3.8, 4) is 17.2 Å². The molecule has 0 aliphatic heterocycles. The lowest BCUT2D eigenvalue weighted by molar-refractivity contribution is 0.282. The van der Waals surface area contributed by atoms with Gasteiger partial charge in [-0.1, -0.05) is 24.3 Å². The van der Waals surface area contributed by atoms with Crippen molar-refractivity contribution < 1.29 is 10.2 Å². The van der Waals surface area contributed by atoms with Crippen molar-refractivity contribution in [3.63, 3.8) is 0 Å². The Labute approximate surface area is 154 Å². The van der Waals surface area contributed by atoms with E-state index in [1.54, 1.807) is 13.1 Å². The summed E-state index contributed by atoms with van der Waals surface area (Å²) in [4.78, 5) is 4.52. The molecule has 0 bridgehead atoms. The number of aromatic nitrogens is 1. The molecular formula is C22H24N2O2. The molecule has 1 aromatic heterocycles. The number of hydrogen-bond donors (Lipinski definition) is 2. The maximum atomic E-state index is 9.46. The Morgan fingerprint density at radius 1 is 1.08 bits per heavy atom. The molecule has 0 aliphatic carbocycles. The monoisotopic (exact) mass is 348 g/mol. The van der Waals surface area contributed by atoms with Crippen LogP contribution in [0.25, 0.3) is 22.0 Å². The Kier molecular flexibility index (Phi) is 6.46. The third-order valence-corrected chi connectivity index (χ3v) is 4.13. The van der Waals surface area contributed by atoms with E-state index < -0.39 is 5.41 Å². The Morgan fingerprint density at radius 2 is 1.81 bits per heavy atom. The average Bonchev–Trinajstić information content (AvgIpc) is 2.67. The average molecular weight is 348 g/mol. The molecule has 0 saturated carbocycles. The molecule has 2 aromatic carbocycles. The first-order chi connectivity index (χ1) is 12.5. The van der Waals surface area contributed by atoms with Crippen molar-refractivity contribution >= 4 is 10.9 Å². The van der Waals surface area contributed by atoms with Crippen LogP contribution in [0.2, 0.25) is 0 Å². The molecule has 0 fully saturated rings. The molecule has 0 atom stereocenters. The minimum Gasteiger partial charge on any atom is -0.397 e. The summed E-state index contributed by atoms with van der Waals surface area (Å²) in [6, 6.07) is 18.1. The van der Waals surface area contributed by atoms with E-state index in [0.717, 1.165) is 33.2 Å². The summed E-state index contributed by atoms with van der Waals surface area (Å²) < 4.78 is 0. The molecule has 0 spiro atoms. The van der Waals surface area contributed by atoms with Crippen molar-refractivity contribution in [2.45, 2.75) is 32.8 Å². The normalized spacial score (nSPS) is 10.8. The minimum atomic E-state index is -0.576. The summed E-state index contributed by atoms with van der Waals surface area (Å²) >= 11 is 0. The van der Waals surface area contributed by atoms with Crippen molar-refractivity contribution in [3.05, 3.63) is 65.9 Å². The molecule has 0 aliphatic rings. The number of pyridine rings is 1. The van der Waals surface area contributed by atoms with Crippen LogP contribution in [0.3, 0.4) is 0 Å². The third-order valence-electron chi connectivity index (χ3n) is 4.13. The van der Waals surface area contributed by atoms with Gasteiger partial charge in [-0.2, -0.15) is 5.26 Å². The highest BCUT2D eigenvalue weighted by Gasteiger charge is 2.22. The molecule has 2 N–H and O–H groups in total. The molecule has 3 rings (SSSR count). The fourth-order valence-corrected chi connectivity index (χ4v) is 2.67. The zero-order chi connectivity index (χ0) is 19.2. The number of nitriles is 1. The van der Waals surface area contributed by atoms with Crippen LogP contribution in [0, 0.1) is 11.3 Å². The van der Waals surface area contributed by atoms with Gasteiger partial charge in [-0.15, -0.1) is 0 Å². The maximum Gasteiger partial charge on any atom is 0.0780 e. The van der Waals surface area contributed by atoms with Gasteiger partial charge in [-0.3, -0.25) is 4.98 Å². The molecule has 4 heteroatoms. The SMILES string of the molecule is CC(C)(C#N)c1cc(-c2cccc(CO)c2)c2ncccc2c1.CCO. The van der Waals surface area contributed by atoms with Gasteiger partial charge in [0, 0.05) is 23.8 Å². The van der Waals surface area contributed by atoms with Crippen LogP contribution < -0.4 is 0 Å². The van der Waals surface area contributed by atoms with Gasteiger partial charge in [0.05, 0.1) is 23.6 Å². The zero-order valence-corrected chi connectivity index (χ0v) is 15.4.